The molecule has 0 saturated carbocycles. The van der Waals surface area contributed by atoms with Crippen molar-refractivity contribution in [3.05, 3.63) is 59.5 Å². The Hall–Kier alpha value is -3.02. The van der Waals surface area contributed by atoms with Gasteiger partial charge in [-0.2, -0.15) is 5.10 Å². The quantitative estimate of drug-likeness (QED) is 0.778. The molecule has 0 saturated heterocycles. The van der Waals surface area contributed by atoms with E-state index in [-0.39, 0.29) is 11.9 Å². The van der Waals surface area contributed by atoms with E-state index in [4.69, 9.17) is 9.15 Å². The smallest absolute Gasteiger partial charge is 0.272 e. The van der Waals surface area contributed by atoms with E-state index >= 15 is 0 Å². The van der Waals surface area contributed by atoms with Crippen LogP contribution >= 0.6 is 0 Å². The van der Waals surface area contributed by atoms with Crippen LogP contribution in [-0.4, -0.2) is 23.2 Å². The van der Waals surface area contributed by atoms with Gasteiger partial charge in [0.2, 0.25) is 0 Å². The lowest BCUT2D eigenvalue weighted by Crippen LogP contribution is -2.21. The van der Waals surface area contributed by atoms with Gasteiger partial charge >= 0.3 is 0 Å². The van der Waals surface area contributed by atoms with Crippen molar-refractivity contribution in [2.75, 3.05) is 7.11 Å². The van der Waals surface area contributed by atoms with Crippen LogP contribution in [0, 0.1) is 0 Å². The average molecular weight is 295 g/mol. The minimum absolute atomic E-state index is 0.197. The Morgan fingerprint density at radius 3 is 2.95 bits per heavy atom. The van der Waals surface area contributed by atoms with Crippen molar-refractivity contribution in [1.29, 1.82) is 0 Å². The van der Waals surface area contributed by atoms with Crippen LogP contribution in [0.4, 0.5) is 0 Å². The van der Waals surface area contributed by atoms with E-state index in [0.29, 0.717) is 17.1 Å². The third-order valence-electron chi connectivity index (χ3n) is 3.78. The highest BCUT2D eigenvalue weighted by atomic mass is 16.5. The topological polar surface area (TPSA) is 80.1 Å². The van der Waals surface area contributed by atoms with E-state index in [0.717, 1.165) is 16.9 Å². The van der Waals surface area contributed by atoms with Crippen LogP contribution in [0.1, 0.15) is 27.7 Å². The molecule has 2 aromatic heterocycles. The summed E-state index contributed by atoms with van der Waals surface area (Å²) in [5, 5.41) is 9.98. The number of H-pyrrole nitrogens is 1. The molecule has 4 rings (SSSR count). The molecule has 0 fully saturated rings. The van der Waals surface area contributed by atoms with E-state index < -0.39 is 0 Å². The van der Waals surface area contributed by atoms with E-state index in [1.54, 1.807) is 19.4 Å². The first kappa shape index (κ1) is 12.7. The number of ether oxygens (including phenoxy) is 1. The van der Waals surface area contributed by atoms with Gasteiger partial charge < -0.3 is 14.5 Å². The molecule has 1 aliphatic rings. The van der Waals surface area contributed by atoms with Crippen molar-refractivity contribution in [3.63, 3.8) is 0 Å². The summed E-state index contributed by atoms with van der Waals surface area (Å²) >= 11 is 0. The van der Waals surface area contributed by atoms with Crippen LogP contribution in [-0.2, 0) is 0 Å². The van der Waals surface area contributed by atoms with Crippen LogP contribution in [0.5, 0.6) is 5.75 Å². The first-order valence-corrected chi connectivity index (χ1v) is 6.85. The largest absolute Gasteiger partial charge is 0.497 e. The average Bonchev–Trinajstić information content (AvgIpc) is 3.25. The van der Waals surface area contributed by atoms with Gasteiger partial charge in [0.15, 0.2) is 11.5 Å². The zero-order valence-electron chi connectivity index (χ0n) is 11.8. The van der Waals surface area contributed by atoms with Gasteiger partial charge in [0.1, 0.15) is 11.4 Å². The summed E-state index contributed by atoms with van der Waals surface area (Å²) in [5.74, 6) is 1.19. The molecule has 0 bridgehead atoms. The maximum absolute atomic E-state index is 12.1. The number of amides is 1. The van der Waals surface area contributed by atoms with E-state index in [2.05, 4.69) is 15.5 Å². The lowest BCUT2D eigenvalue weighted by atomic mass is 9.99. The number of methoxy groups -OCH3 is 1. The fourth-order valence-corrected chi connectivity index (χ4v) is 2.76. The highest BCUT2D eigenvalue weighted by Gasteiger charge is 2.36. The fraction of sp³-hybridized carbons (Fsp3) is 0.125. The molecule has 110 valence electrons. The van der Waals surface area contributed by atoms with Crippen molar-refractivity contribution >= 4 is 5.91 Å². The van der Waals surface area contributed by atoms with Crippen LogP contribution in [0.2, 0.25) is 0 Å². The van der Waals surface area contributed by atoms with E-state index in [1.165, 1.54) is 0 Å². The van der Waals surface area contributed by atoms with Gasteiger partial charge in [-0.15, -0.1) is 0 Å². The Balaban J connectivity index is 1.85. The number of furan rings is 1. The Kier molecular flexibility index (Phi) is 2.75. The second kappa shape index (κ2) is 4.77. The number of hydrogen-bond acceptors (Lipinski definition) is 4. The number of carbonyl (C=O) groups excluding carboxylic acids is 1. The molecule has 3 aromatic rings. The van der Waals surface area contributed by atoms with Crippen LogP contribution in [0.25, 0.3) is 11.5 Å². The minimum atomic E-state index is -0.281. The molecular formula is C16H13N3O3. The highest BCUT2D eigenvalue weighted by molar-refractivity contribution is 5.99. The van der Waals surface area contributed by atoms with Gasteiger partial charge in [-0.3, -0.25) is 9.89 Å². The Morgan fingerprint density at radius 1 is 1.27 bits per heavy atom. The number of benzene rings is 1. The molecule has 0 aliphatic carbocycles. The van der Waals surface area contributed by atoms with Crippen molar-refractivity contribution < 1.29 is 13.9 Å². The molecule has 1 amide bonds. The molecule has 22 heavy (non-hydrogen) atoms. The Bertz CT molecular complexity index is 836. The third-order valence-corrected chi connectivity index (χ3v) is 3.78. The molecule has 3 heterocycles. The van der Waals surface area contributed by atoms with Gasteiger partial charge in [-0.05, 0) is 29.8 Å². The second-order valence-corrected chi connectivity index (χ2v) is 5.02. The number of nitrogens with zero attached hydrogens (tertiary/aromatic N) is 1. The SMILES string of the molecule is COc1cccc([C@H]2NC(=O)c3n[nH]c(-c4ccco4)c32)c1. The molecular weight excluding hydrogens is 282 g/mol. The van der Waals surface area contributed by atoms with E-state index in [1.807, 2.05) is 30.3 Å². The van der Waals surface area contributed by atoms with Gasteiger partial charge in [-0.25, -0.2) is 0 Å². The fourth-order valence-electron chi connectivity index (χ4n) is 2.76. The summed E-state index contributed by atoms with van der Waals surface area (Å²) in [6.07, 6.45) is 1.59. The maximum Gasteiger partial charge on any atom is 0.272 e. The molecule has 1 aliphatic heterocycles. The van der Waals surface area contributed by atoms with Crippen molar-refractivity contribution in [2.24, 2.45) is 0 Å². The standard InChI is InChI=1S/C16H13N3O3/c1-21-10-5-2-4-9(8-10)13-12-14(11-6-3-7-22-11)18-19-15(12)16(20)17-13/h2-8,13H,1H3,(H,17,20)(H,18,19)/t13-/m1/s1. The lowest BCUT2D eigenvalue weighted by Gasteiger charge is -2.13. The summed E-state index contributed by atoms with van der Waals surface area (Å²) in [6, 6.07) is 11.0. The number of aromatic nitrogens is 2. The molecule has 1 aromatic carbocycles. The minimum Gasteiger partial charge on any atom is -0.497 e. The summed E-state index contributed by atoms with van der Waals surface area (Å²) in [4.78, 5) is 12.1. The molecule has 1 atom stereocenters. The van der Waals surface area contributed by atoms with Gasteiger partial charge in [-0.1, -0.05) is 12.1 Å². The molecule has 0 spiro atoms. The van der Waals surface area contributed by atoms with Crippen LogP contribution in [0.3, 0.4) is 0 Å². The monoisotopic (exact) mass is 295 g/mol. The third kappa shape index (κ3) is 1.81. The number of aromatic amines is 1. The van der Waals surface area contributed by atoms with Gasteiger partial charge in [0.25, 0.3) is 5.91 Å². The van der Waals surface area contributed by atoms with Crippen molar-refractivity contribution in [3.8, 4) is 17.2 Å². The number of nitrogens with one attached hydrogen (secondary N) is 2. The van der Waals surface area contributed by atoms with Gasteiger partial charge in [0, 0.05) is 5.56 Å². The Labute approximate surface area is 126 Å². The number of hydrogen-bond donors (Lipinski definition) is 2. The molecule has 2 N–H and O–H groups in total. The zero-order valence-corrected chi connectivity index (χ0v) is 11.8. The van der Waals surface area contributed by atoms with E-state index in [9.17, 15) is 4.79 Å². The Morgan fingerprint density at radius 2 is 2.18 bits per heavy atom. The van der Waals surface area contributed by atoms with Crippen LogP contribution in [0.15, 0.2) is 47.1 Å². The summed E-state index contributed by atoms with van der Waals surface area (Å²) in [6.45, 7) is 0. The zero-order chi connectivity index (χ0) is 15.1. The molecule has 0 radical (unpaired) electrons. The maximum atomic E-state index is 12.1. The molecule has 0 unspecified atom stereocenters. The normalized spacial score (nSPS) is 16.4. The summed E-state index contributed by atoms with van der Waals surface area (Å²) in [5.41, 5.74) is 2.85. The second-order valence-electron chi connectivity index (χ2n) is 5.02. The molecule has 6 nitrogen and oxygen atoms in total. The van der Waals surface area contributed by atoms with Crippen molar-refractivity contribution in [1.82, 2.24) is 15.5 Å². The first-order chi connectivity index (χ1) is 10.8. The number of rotatable bonds is 3. The summed E-state index contributed by atoms with van der Waals surface area (Å²) in [7, 11) is 1.61. The highest BCUT2D eigenvalue weighted by Crippen LogP contribution is 2.37. The molecule has 6 heteroatoms. The first-order valence-electron chi connectivity index (χ1n) is 6.85. The summed E-state index contributed by atoms with van der Waals surface area (Å²) < 4.78 is 10.7. The van der Waals surface area contributed by atoms with Crippen LogP contribution < -0.4 is 10.1 Å². The predicted octanol–water partition coefficient (Wildman–Crippen LogP) is 2.51. The van der Waals surface area contributed by atoms with Gasteiger partial charge in [0.05, 0.1) is 19.4 Å². The predicted molar refractivity (Wildman–Crippen MR) is 78.6 cm³/mol. The number of carbonyl (C=O) groups is 1. The number of fused-ring (bicyclic) bond motifs is 1. The van der Waals surface area contributed by atoms with Crippen molar-refractivity contribution in [2.45, 2.75) is 6.04 Å². The lowest BCUT2D eigenvalue weighted by molar-refractivity contribution is 0.0955.